The standard InChI is InChI=1S/C12H10ClN5O2S/c13-7-3-8-5(2-10(20)15-8)1-6(7)9(19)4-21-12-16-11(14)17-18-12/h1,3H,2,4H2,(H,15,20)(H3,14,16,17,18). The maximum absolute atomic E-state index is 12.2. The van der Waals surface area contributed by atoms with Crippen LogP contribution in [-0.4, -0.2) is 32.6 Å². The van der Waals surface area contributed by atoms with Gasteiger partial charge in [-0.25, -0.2) is 5.10 Å². The van der Waals surface area contributed by atoms with Crippen LogP contribution in [0.1, 0.15) is 15.9 Å². The number of carbonyl (C=O) groups is 2. The summed E-state index contributed by atoms with van der Waals surface area (Å²) in [6, 6.07) is 3.26. The third-order valence-corrected chi connectivity index (χ3v) is 4.09. The Labute approximate surface area is 128 Å². The number of nitrogens with one attached hydrogen (secondary N) is 2. The number of halogens is 1. The van der Waals surface area contributed by atoms with Gasteiger partial charge in [-0.15, -0.1) is 5.10 Å². The Morgan fingerprint density at radius 1 is 1.48 bits per heavy atom. The third-order valence-electron chi connectivity index (χ3n) is 2.93. The highest BCUT2D eigenvalue weighted by molar-refractivity contribution is 7.99. The first-order valence-electron chi connectivity index (χ1n) is 5.99. The van der Waals surface area contributed by atoms with Crippen LogP contribution >= 0.6 is 23.4 Å². The summed E-state index contributed by atoms with van der Waals surface area (Å²) in [4.78, 5) is 27.5. The predicted octanol–water partition coefficient (Wildman–Crippen LogP) is 1.51. The van der Waals surface area contributed by atoms with Gasteiger partial charge in [-0.05, 0) is 17.7 Å². The van der Waals surface area contributed by atoms with E-state index in [1.54, 1.807) is 12.1 Å². The minimum Gasteiger partial charge on any atom is -0.368 e. The number of nitrogen functional groups attached to an aromatic ring is 1. The fourth-order valence-corrected chi connectivity index (χ4v) is 2.95. The van der Waals surface area contributed by atoms with Crippen molar-refractivity contribution in [2.75, 3.05) is 16.8 Å². The van der Waals surface area contributed by atoms with Gasteiger partial charge in [0.1, 0.15) is 0 Å². The summed E-state index contributed by atoms with van der Waals surface area (Å²) in [6.45, 7) is 0. The second kappa shape index (κ2) is 5.38. The number of ketones is 1. The molecule has 0 spiro atoms. The van der Waals surface area contributed by atoms with Crippen LogP contribution < -0.4 is 11.1 Å². The van der Waals surface area contributed by atoms with Crippen LogP contribution in [-0.2, 0) is 11.2 Å². The molecule has 4 N–H and O–H groups in total. The molecule has 1 aliphatic heterocycles. The number of nitrogens with two attached hydrogens (primary N) is 1. The fraction of sp³-hybridized carbons (Fsp3) is 0.167. The van der Waals surface area contributed by atoms with Crippen molar-refractivity contribution < 1.29 is 9.59 Å². The summed E-state index contributed by atoms with van der Waals surface area (Å²) in [5.41, 5.74) is 7.24. The van der Waals surface area contributed by atoms with Gasteiger partial charge < -0.3 is 11.1 Å². The molecule has 1 amide bonds. The molecular formula is C12H10ClN5O2S. The number of carbonyl (C=O) groups excluding carboxylic acids is 2. The molecule has 3 rings (SSSR count). The predicted molar refractivity (Wildman–Crippen MR) is 79.6 cm³/mol. The zero-order chi connectivity index (χ0) is 15.0. The number of Topliss-reactive ketones (excluding diaryl/α,β-unsaturated/α-hetero) is 1. The number of aromatic nitrogens is 3. The maximum Gasteiger partial charge on any atom is 0.228 e. The number of hydrogen-bond donors (Lipinski definition) is 3. The topological polar surface area (TPSA) is 114 Å². The molecule has 1 aromatic heterocycles. The number of benzene rings is 1. The molecule has 0 bridgehead atoms. The van der Waals surface area contributed by atoms with Gasteiger partial charge in [-0.2, -0.15) is 4.98 Å². The van der Waals surface area contributed by atoms with Crippen LogP contribution in [0.4, 0.5) is 11.6 Å². The van der Waals surface area contributed by atoms with Crippen molar-refractivity contribution >= 4 is 46.7 Å². The summed E-state index contributed by atoms with van der Waals surface area (Å²) >= 11 is 7.26. The molecule has 0 fully saturated rings. The van der Waals surface area contributed by atoms with Crippen molar-refractivity contribution in [3.8, 4) is 0 Å². The van der Waals surface area contributed by atoms with Crippen LogP contribution in [0.3, 0.4) is 0 Å². The van der Waals surface area contributed by atoms with Gasteiger partial charge in [-0.1, -0.05) is 23.4 Å². The van der Waals surface area contributed by atoms with E-state index in [0.29, 0.717) is 21.4 Å². The van der Waals surface area contributed by atoms with E-state index in [1.165, 1.54) is 0 Å². The van der Waals surface area contributed by atoms with Crippen molar-refractivity contribution in [3.63, 3.8) is 0 Å². The molecule has 0 saturated carbocycles. The first kappa shape index (κ1) is 13.9. The number of thioether (sulfide) groups is 1. The van der Waals surface area contributed by atoms with Crippen LogP contribution in [0.5, 0.6) is 0 Å². The van der Waals surface area contributed by atoms with Gasteiger partial charge in [0.2, 0.25) is 17.0 Å². The van der Waals surface area contributed by atoms with E-state index >= 15 is 0 Å². The van der Waals surface area contributed by atoms with Gasteiger partial charge in [-0.3, -0.25) is 9.59 Å². The highest BCUT2D eigenvalue weighted by atomic mass is 35.5. The first-order chi connectivity index (χ1) is 10.0. The number of hydrogen-bond acceptors (Lipinski definition) is 6. The largest absolute Gasteiger partial charge is 0.368 e. The lowest BCUT2D eigenvalue weighted by Gasteiger charge is -2.06. The molecular weight excluding hydrogens is 314 g/mol. The van der Waals surface area contributed by atoms with Crippen molar-refractivity contribution in [3.05, 3.63) is 28.3 Å². The van der Waals surface area contributed by atoms with Crippen LogP contribution in [0.15, 0.2) is 17.3 Å². The van der Waals surface area contributed by atoms with E-state index in [-0.39, 0.29) is 29.8 Å². The Kier molecular flexibility index (Phi) is 3.56. The summed E-state index contributed by atoms with van der Waals surface area (Å²) in [6.07, 6.45) is 0.261. The Morgan fingerprint density at radius 3 is 3.00 bits per heavy atom. The van der Waals surface area contributed by atoms with Crippen LogP contribution in [0.2, 0.25) is 5.02 Å². The SMILES string of the molecule is Nc1nc(SCC(=O)c2cc3c(cc2Cl)NC(=O)C3)n[nH]1. The molecule has 2 heterocycles. The molecule has 1 aliphatic rings. The molecule has 21 heavy (non-hydrogen) atoms. The monoisotopic (exact) mass is 323 g/mol. The zero-order valence-corrected chi connectivity index (χ0v) is 12.2. The normalized spacial score (nSPS) is 13.1. The Bertz CT molecular complexity index is 745. The molecule has 0 radical (unpaired) electrons. The van der Waals surface area contributed by atoms with Crippen molar-refractivity contribution in [1.29, 1.82) is 0 Å². The molecule has 9 heteroatoms. The number of aromatic amines is 1. The van der Waals surface area contributed by atoms with E-state index in [9.17, 15) is 9.59 Å². The minimum absolute atomic E-state index is 0.101. The number of H-pyrrole nitrogens is 1. The van der Waals surface area contributed by atoms with Gasteiger partial charge in [0.15, 0.2) is 5.78 Å². The van der Waals surface area contributed by atoms with Crippen molar-refractivity contribution in [2.24, 2.45) is 0 Å². The summed E-state index contributed by atoms with van der Waals surface area (Å²) in [7, 11) is 0. The minimum atomic E-state index is -0.157. The van der Waals surface area contributed by atoms with Crippen LogP contribution in [0.25, 0.3) is 0 Å². The molecule has 108 valence electrons. The number of nitrogens with zero attached hydrogens (tertiary/aromatic N) is 2. The lowest BCUT2D eigenvalue weighted by atomic mass is 10.1. The molecule has 0 aliphatic carbocycles. The number of amides is 1. The second-order valence-electron chi connectivity index (χ2n) is 4.43. The lowest BCUT2D eigenvalue weighted by molar-refractivity contribution is -0.115. The smallest absolute Gasteiger partial charge is 0.228 e. The molecule has 1 aromatic carbocycles. The second-order valence-corrected chi connectivity index (χ2v) is 5.78. The first-order valence-corrected chi connectivity index (χ1v) is 7.35. The van der Waals surface area contributed by atoms with E-state index < -0.39 is 0 Å². The van der Waals surface area contributed by atoms with Crippen molar-refractivity contribution in [2.45, 2.75) is 11.6 Å². The molecule has 2 aromatic rings. The summed E-state index contributed by atoms with van der Waals surface area (Å²) < 4.78 is 0. The van der Waals surface area contributed by atoms with E-state index in [0.717, 1.165) is 17.3 Å². The summed E-state index contributed by atoms with van der Waals surface area (Å²) in [5.74, 6) is 0.0776. The average Bonchev–Trinajstić information content (AvgIpc) is 2.99. The molecule has 7 nitrogen and oxygen atoms in total. The Morgan fingerprint density at radius 2 is 2.29 bits per heavy atom. The van der Waals surface area contributed by atoms with E-state index in [1.807, 2.05) is 0 Å². The third kappa shape index (κ3) is 2.86. The fourth-order valence-electron chi connectivity index (χ4n) is 1.99. The number of rotatable bonds is 4. The molecule has 0 saturated heterocycles. The number of anilines is 2. The van der Waals surface area contributed by atoms with Crippen molar-refractivity contribution in [1.82, 2.24) is 15.2 Å². The zero-order valence-electron chi connectivity index (χ0n) is 10.6. The van der Waals surface area contributed by atoms with Gasteiger partial charge in [0.05, 0.1) is 17.2 Å². The summed E-state index contributed by atoms with van der Waals surface area (Å²) in [5, 5.41) is 9.73. The maximum atomic E-state index is 12.2. The van der Waals surface area contributed by atoms with E-state index in [2.05, 4.69) is 20.5 Å². The average molecular weight is 324 g/mol. The Hall–Kier alpha value is -2.06. The van der Waals surface area contributed by atoms with Gasteiger partial charge in [0, 0.05) is 11.3 Å². The highest BCUT2D eigenvalue weighted by Crippen LogP contribution is 2.30. The molecule has 0 unspecified atom stereocenters. The van der Waals surface area contributed by atoms with Gasteiger partial charge in [0.25, 0.3) is 0 Å². The lowest BCUT2D eigenvalue weighted by Crippen LogP contribution is -2.04. The Balaban J connectivity index is 1.76. The number of fused-ring (bicyclic) bond motifs is 1. The van der Waals surface area contributed by atoms with E-state index in [4.69, 9.17) is 17.3 Å². The van der Waals surface area contributed by atoms with Gasteiger partial charge >= 0.3 is 0 Å². The van der Waals surface area contributed by atoms with Crippen LogP contribution in [0, 0.1) is 0 Å². The molecule has 0 atom stereocenters. The highest BCUT2D eigenvalue weighted by Gasteiger charge is 2.22. The quantitative estimate of drug-likeness (QED) is 0.580.